The zero-order chi connectivity index (χ0) is 13.7. The van der Waals surface area contributed by atoms with E-state index in [-0.39, 0.29) is 28.3 Å². The van der Waals surface area contributed by atoms with Crippen molar-refractivity contribution in [2.24, 2.45) is 5.92 Å². The van der Waals surface area contributed by atoms with E-state index in [0.717, 1.165) is 0 Å². The lowest BCUT2D eigenvalue weighted by molar-refractivity contribution is -0.383. The normalized spacial score (nSPS) is 12.2. The molecule has 0 amide bonds. The van der Waals surface area contributed by atoms with Gasteiger partial charge in [0.05, 0.1) is 15.0 Å². The monoisotopic (exact) mass is 292 g/mol. The van der Waals surface area contributed by atoms with Gasteiger partial charge in [-0.15, -0.1) is 0 Å². The number of hydrogen-bond acceptors (Lipinski definition) is 4. The predicted molar refractivity (Wildman–Crippen MR) is 72.5 cm³/mol. The molecule has 100 valence electrons. The van der Waals surface area contributed by atoms with Crippen LogP contribution in [0.3, 0.4) is 0 Å². The van der Waals surface area contributed by atoms with Gasteiger partial charge in [-0.25, -0.2) is 0 Å². The summed E-state index contributed by atoms with van der Waals surface area (Å²) in [4.78, 5) is 10.4. The van der Waals surface area contributed by atoms with Crippen molar-refractivity contribution in [2.45, 2.75) is 13.3 Å². The van der Waals surface area contributed by atoms with Gasteiger partial charge in [-0.3, -0.25) is 10.1 Å². The summed E-state index contributed by atoms with van der Waals surface area (Å²) in [6.45, 7) is 2.54. The Kier molecular flexibility index (Phi) is 5.65. The molecule has 0 aromatic heterocycles. The SMILES string of the molecule is CC(CCO)CNc1cc(Cl)c(Cl)cc1[N+](=O)[O-]. The summed E-state index contributed by atoms with van der Waals surface area (Å²) < 4.78 is 0. The van der Waals surface area contributed by atoms with Crippen molar-refractivity contribution in [3.05, 3.63) is 32.3 Å². The van der Waals surface area contributed by atoms with Gasteiger partial charge in [0.25, 0.3) is 5.69 Å². The fourth-order valence-corrected chi connectivity index (χ4v) is 1.76. The van der Waals surface area contributed by atoms with Crippen molar-refractivity contribution in [1.82, 2.24) is 0 Å². The lowest BCUT2D eigenvalue weighted by Crippen LogP contribution is -2.13. The first-order chi connectivity index (χ1) is 8.45. The molecule has 0 saturated carbocycles. The van der Waals surface area contributed by atoms with E-state index < -0.39 is 4.92 Å². The average molecular weight is 293 g/mol. The zero-order valence-corrected chi connectivity index (χ0v) is 11.3. The smallest absolute Gasteiger partial charge is 0.293 e. The third-order valence-electron chi connectivity index (χ3n) is 2.50. The van der Waals surface area contributed by atoms with Crippen molar-refractivity contribution in [2.75, 3.05) is 18.5 Å². The number of nitro groups is 1. The minimum absolute atomic E-state index is 0.0896. The number of aliphatic hydroxyl groups is 1. The average Bonchev–Trinajstić information content (AvgIpc) is 2.30. The third-order valence-corrected chi connectivity index (χ3v) is 3.22. The molecule has 0 aliphatic heterocycles. The van der Waals surface area contributed by atoms with Crippen LogP contribution < -0.4 is 5.32 Å². The summed E-state index contributed by atoms with van der Waals surface area (Å²) in [6, 6.07) is 2.66. The van der Waals surface area contributed by atoms with Crippen LogP contribution in [-0.4, -0.2) is 23.2 Å². The highest BCUT2D eigenvalue weighted by Gasteiger charge is 2.17. The molecular formula is C11H14Cl2N2O3. The van der Waals surface area contributed by atoms with Crippen LogP contribution in [0.25, 0.3) is 0 Å². The highest BCUT2D eigenvalue weighted by molar-refractivity contribution is 6.42. The Morgan fingerprint density at radius 3 is 2.61 bits per heavy atom. The van der Waals surface area contributed by atoms with Gasteiger partial charge in [0, 0.05) is 19.2 Å². The zero-order valence-electron chi connectivity index (χ0n) is 9.82. The van der Waals surface area contributed by atoms with Gasteiger partial charge in [0.15, 0.2) is 0 Å². The van der Waals surface area contributed by atoms with Gasteiger partial charge in [-0.2, -0.15) is 0 Å². The Morgan fingerprint density at radius 2 is 2.06 bits per heavy atom. The van der Waals surface area contributed by atoms with E-state index in [1.807, 2.05) is 6.92 Å². The van der Waals surface area contributed by atoms with E-state index in [4.69, 9.17) is 28.3 Å². The number of nitro benzene ring substituents is 1. The second-order valence-electron chi connectivity index (χ2n) is 4.04. The van der Waals surface area contributed by atoms with E-state index in [1.54, 1.807) is 0 Å². The minimum Gasteiger partial charge on any atom is -0.396 e. The first kappa shape index (κ1) is 15.0. The first-order valence-corrected chi connectivity index (χ1v) is 6.19. The summed E-state index contributed by atoms with van der Waals surface area (Å²) in [7, 11) is 0. The topological polar surface area (TPSA) is 75.4 Å². The van der Waals surface area contributed by atoms with Gasteiger partial charge < -0.3 is 10.4 Å². The Hall–Kier alpha value is -1.04. The molecule has 0 aliphatic carbocycles. The Balaban J connectivity index is 2.86. The molecule has 0 fully saturated rings. The van der Waals surface area contributed by atoms with Gasteiger partial charge in [0.1, 0.15) is 5.69 Å². The molecule has 1 aromatic carbocycles. The molecule has 1 rings (SSSR count). The maximum atomic E-state index is 10.9. The summed E-state index contributed by atoms with van der Waals surface area (Å²) in [5, 5.41) is 23.0. The van der Waals surface area contributed by atoms with Crippen LogP contribution in [0.5, 0.6) is 0 Å². The Bertz CT molecular complexity index is 441. The van der Waals surface area contributed by atoms with Gasteiger partial charge >= 0.3 is 0 Å². The minimum atomic E-state index is -0.513. The maximum Gasteiger partial charge on any atom is 0.293 e. The lowest BCUT2D eigenvalue weighted by atomic mass is 10.1. The van der Waals surface area contributed by atoms with Gasteiger partial charge in [-0.05, 0) is 18.4 Å². The molecule has 1 atom stereocenters. The van der Waals surface area contributed by atoms with Gasteiger partial charge in [-0.1, -0.05) is 30.1 Å². The number of nitrogens with one attached hydrogen (secondary N) is 1. The number of halogens is 2. The molecule has 0 spiro atoms. The molecule has 0 radical (unpaired) electrons. The molecule has 18 heavy (non-hydrogen) atoms. The molecular weight excluding hydrogens is 279 g/mol. The van der Waals surface area contributed by atoms with E-state index in [0.29, 0.717) is 18.7 Å². The molecule has 0 saturated heterocycles. The molecule has 5 nitrogen and oxygen atoms in total. The summed E-state index contributed by atoms with van der Waals surface area (Å²) in [6.07, 6.45) is 0.627. The van der Waals surface area contributed by atoms with E-state index >= 15 is 0 Å². The number of anilines is 1. The van der Waals surface area contributed by atoms with E-state index in [2.05, 4.69) is 5.32 Å². The third kappa shape index (κ3) is 4.01. The van der Waals surface area contributed by atoms with Crippen LogP contribution >= 0.6 is 23.2 Å². The molecule has 0 bridgehead atoms. The largest absolute Gasteiger partial charge is 0.396 e. The van der Waals surface area contributed by atoms with Crippen molar-refractivity contribution in [3.8, 4) is 0 Å². The summed E-state index contributed by atoms with van der Waals surface area (Å²) in [5.41, 5.74) is 0.222. The number of nitrogens with zero attached hydrogens (tertiary/aromatic N) is 1. The highest BCUT2D eigenvalue weighted by Crippen LogP contribution is 2.34. The predicted octanol–water partition coefficient (Wildman–Crippen LogP) is 3.33. The Morgan fingerprint density at radius 1 is 1.44 bits per heavy atom. The van der Waals surface area contributed by atoms with Crippen molar-refractivity contribution >= 4 is 34.6 Å². The fraction of sp³-hybridized carbons (Fsp3) is 0.455. The molecule has 1 aromatic rings. The van der Waals surface area contributed by atoms with Crippen LogP contribution in [-0.2, 0) is 0 Å². The second-order valence-corrected chi connectivity index (χ2v) is 4.85. The van der Waals surface area contributed by atoms with Crippen LogP contribution in [0.1, 0.15) is 13.3 Å². The number of hydrogen-bond donors (Lipinski definition) is 2. The van der Waals surface area contributed by atoms with Crippen molar-refractivity contribution in [1.29, 1.82) is 0 Å². The van der Waals surface area contributed by atoms with Crippen LogP contribution in [0.4, 0.5) is 11.4 Å². The van der Waals surface area contributed by atoms with E-state index in [1.165, 1.54) is 12.1 Å². The van der Waals surface area contributed by atoms with Crippen LogP contribution in [0.2, 0.25) is 10.0 Å². The number of rotatable bonds is 6. The van der Waals surface area contributed by atoms with Crippen LogP contribution in [0, 0.1) is 16.0 Å². The van der Waals surface area contributed by atoms with Gasteiger partial charge in [0.2, 0.25) is 0 Å². The second kappa shape index (κ2) is 6.78. The molecule has 1 unspecified atom stereocenters. The van der Waals surface area contributed by atoms with E-state index in [9.17, 15) is 10.1 Å². The molecule has 2 N–H and O–H groups in total. The quantitative estimate of drug-likeness (QED) is 0.623. The summed E-state index contributed by atoms with van der Waals surface area (Å²) >= 11 is 11.6. The standard InChI is InChI=1S/C11H14Cl2N2O3/c1-7(2-3-16)6-14-10-4-8(12)9(13)5-11(10)15(17)18/h4-5,7,14,16H,2-3,6H2,1H3. The fourth-order valence-electron chi connectivity index (χ4n) is 1.44. The lowest BCUT2D eigenvalue weighted by Gasteiger charge is -2.13. The first-order valence-electron chi connectivity index (χ1n) is 5.44. The van der Waals surface area contributed by atoms with Crippen molar-refractivity contribution in [3.63, 3.8) is 0 Å². The highest BCUT2D eigenvalue weighted by atomic mass is 35.5. The molecule has 0 aliphatic rings. The number of benzene rings is 1. The summed E-state index contributed by atoms with van der Waals surface area (Å²) in [5.74, 6) is 0.198. The molecule has 7 heteroatoms. The number of aliphatic hydroxyl groups excluding tert-OH is 1. The van der Waals surface area contributed by atoms with Crippen molar-refractivity contribution < 1.29 is 10.0 Å². The molecule has 0 heterocycles. The maximum absolute atomic E-state index is 10.9. The van der Waals surface area contributed by atoms with Crippen LogP contribution in [0.15, 0.2) is 12.1 Å². The Labute approximate surface area is 115 Å².